The number of nitrogens with two attached hydrogens (primary N) is 1. The summed E-state index contributed by atoms with van der Waals surface area (Å²) in [6.45, 7) is 3.88. The highest BCUT2D eigenvalue weighted by molar-refractivity contribution is 5.78. The molecule has 1 aromatic carbocycles. The molecule has 21 heavy (non-hydrogen) atoms. The van der Waals surface area contributed by atoms with Crippen LogP contribution in [0.2, 0.25) is 0 Å². The molecule has 0 saturated heterocycles. The van der Waals surface area contributed by atoms with Crippen molar-refractivity contribution >= 4 is 11.6 Å². The average molecular weight is 295 g/mol. The van der Waals surface area contributed by atoms with E-state index >= 15 is 0 Å². The average Bonchev–Trinajstić information content (AvgIpc) is 2.45. The Morgan fingerprint density at radius 1 is 1.52 bits per heavy atom. The lowest BCUT2D eigenvalue weighted by atomic mass is 10.2. The largest absolute Gasteiger partial charge is 0.477 e. The molecule has 116 valence electrons. The molecule has 1 aromatic rings. The van der Waals surface area contributed by atoms with Gasteiger partial charge < -0.3 is 15.8 Å². The molecule has 1 atom stereocenters. The predicted octanol–water partition coefficient (Wildman–Crippen LogP) is 1.74. The molecule has 0 radical (unpaired) electrons. The van der Waals surface area contributed by atoms with E-state index in [-0.39, 0.29) is 36.5 Å². The number of rotatable bonds is 8. The molecule has 0 bridgehead atoms. The lowest BCUT2D eigenvalue weighted by Gasteiger charge is -2.13. The van der Waals surface area contributed by atoms with Crippen molar-refractivity contribution in [1.82, 2.24) is 5.32 Å². The Kier molecular flexibility index (Phi) is 6.61. The maximum Gasteiger partial charge on any atom is 0.311 e. The van der Waals surface area contributed by atoms with Crippen molar-refractivity contribution in [3.05, 3.63) is 33.9 Å². The van der Waals surface area contributed by atoms with E-state index in [1.54, 1.807) is 6.07 Å². The van der Waals surface area contributed by atoms with E-state index in [0.717, 1.165) is 12.8 Å². The summed E-state index contributed by atoms with van der Waals surface area (Å²) in [5.41, 5.74) is 5.89. The maximum absolute atomic E-state index is 11.7. The second-order valence-corrected chi connectivity index (χ2v) is 4.81. The van der Waals surface area contributed by atoms with E-state index in [9.17, 15) is 14.9 Å². The summed E-state index contributed by atoms with van der Waals surface area (Å²) in [6.07, 6.45) is 1.84. The van der Waals surface area contributed by atoms with Gasteiger partial charge in [-0.25, -0.2) is 0 Å². The summed E-state index contributed by atoms with van der Waals surface area (Å²) in [5.74, 6) is -0.233. The van der Waals surface area contributed by atoms with Gasteiger partial charge in [-0.2, -0.15) is 0 Å². The van der Waals surface area contributed by atoms with Gasteiger partial charge in [-0.3, -0.25) is 14.9 Å². The minimum atomic E-state index is -0.549. The number of ether oxygens (including phenoxy) is 1. The lowest BCUT2D eigenvalue weighted by Crippen LogP contribution is -2.36. The molecule has 7 heteroatoms. The zero-order valence-corrected chi connectivity index (χ0v) is 12.3. The van der Waals surface area contributed by atoms with Gasteiger partial charge in [0.1, 0.15) is 0 Å². The van der Waals surface area contributed by atoms with Gasteiger partial charge in [-0.1, -0.05) is 19.4 Å². The molecule has 7 nitrogen and oxygen atoms in total. The molecule has 0 aliphatic heterocycles. The van der Waals surface area contributed by atoms with Gasteiger partial charge in [0.15, 0.2) is 12.4 Å². The first-order chi connectivity index (χ1) is 9.97. The van der Waals surface area contributed by atoms with Crippen molar-refractivity contribution in [3.8, 4) is 5.75 Å². The summed E-state index contributed by atoms with van der Waals surface area (Å²) in [6, 6.07) is 4.51. The Morgan fingerprint density at radius 2 is 2.24 bits per heavy atom. The fraction of sp³-hybridized carbons (Fsp3) is 0.500. The van der Waals surface area contributed by atoms with Crippen molar-refractivity contribution in [2.45, 2.75) is 39.3 Å². The van der Waals surface area contributed by atoms with Crippen molar-refractivity contribution in [3.63, 3.8) is 0 Å². The Morgan fingerprint density at radius 3 is 2.81 bits per heavy atom. The summed E-state index contributed by atoms with van der Waals surface area (Å²) >= 11 is 0. The minimum absolute atomic E-state index is 0.0562. The van der Waals surface area contributed by atoms with Crippen molar-refractivity contribution in [1.29, 1.82) is 0 Å². The molecule has 0 aromatic heterocycles. The molecule has 1 amide bonds. The third kappa shape index (κ3) is 5.39. The Balaban J connectivity index is 2.66. The monoisotopic (exact) mass is 295 g/mol. The van der Waals surface area contributed by atoms with Gasteiger partial charge in [0.25, 0.3) is 5.91 Å². The molecule has 0 fully saturated rings. The lowest BCUT2D eigenvalue weighted by molar-refractivity contribution is -0.385. The van der Waals surface area contributed by atoms with Crippen LogP contribution in [0.1, 0.15) is 32.3 Å². The van der Waals surface area contributed by atoms with Gasteiger partial charge in [-0.15, -0.1) is 0 Å². The highest BCUT2D eigenvalue weighted by Gasteiger charge is 2.17. The summed E-state index contributed by atoms with van der Waals surface area (Å²) in [7, 11) is 0. The smallest absolute Gasteiger partial charge is 0.311 e. The number of nitro benzene ring substituents is 1. The van der Waals surface area contributed by atoms with E-state index < -0.39 is 4.92 Å². The summed E-state index contributed by atoms with van der Waals surface area (Å²) in [4.78, 5) is 22.1. The molecule has 0 heterocycles. The minimum Gasteiger partial charge on any atom is -0.477 e. The predicted molar refractivity (Wildman–Crippen MR) is 79.0 cm³/mol. The fourth-order valence-corrected chi connectivity index (χ4v) is 1.92. The highest BCUT2D eigenvalue weighted by Crippen LogP contribution is 2.27. The molecular formula is C14H21N3O4. The van der Waals surface area contributed by atoms with Crippen LogP contribution < -0.4 is 15.8 Å². The van der Waals surface area contributed by atoms with E-state index in [1.165, 1.54) is 12.1 Å². The number of nitrogens with one attached hydrogen (secondary N) is 1. The molecule has 3 N–H and O–H groups in total. The zero-order valence-electron chi connectivity index (χ0n) is 12.3. The van der Waals surface area contributed by atoms with Gasteiger partial charge in [0, 0.05) is 18.7 Å². The van der Waals surface area contributed by atoms with E-state index in [2.05, 4.69) is 5.32 Å². The number of hydrogen-bond acceptors (Lipinski definition) is 5. The summed E-state index contributed by atoms with van der Waals surface area (Å²) < 4.78 is 5.24. The third-order valence-corrected chi connectivity index (χ3v) is 2.94. The number of nitro groups is 1. The molecule has 1 unspecified atom stereocenters. The van der Waals surface area contributed by atoms with Crippen LogP contribution in [0.5, 0.6) is 5.75 Å². The maximum atomic E-state index is 11.7. The van der Waals surface area contributed by atoms with Crippen LogP contribution in [0.3, 0.4) is 0 Å². The SMILES string of the molecule is CCCC(C)NC(=O)COc1ccc(CN)cc1[N+](=O)[O-]. The first-order valence-corrected chi connectivity index (χ1v) is 6.87. The number of benzene rings is 1. The molecule has 1 rings (SSSR count). The topological polar surface area (TPSA) is 107 Å². The van der Waals surface area contributed by atoms with Crippen LogP contribution in [0.15, 0.2) is 18.2 Å². The fourth-order valence-electron chi connectivity index (χ4n) is 1.92. The van der Waals surface area contributed by atoms with Crippen molar-refractivity contribution < 1.29 is 14.5 Å². The second-order valence-electron chi connectivity index (χ2n) is 4.81. The van der Waals surface area contributed by atoms with Crippen molar-refractivity contribution in [2.75, 3.05) is 6.61 Å². The van der Waals surface area contributed by atoms with Crippen LogP contribution in [-0.2, 0) is 11.3 Å². The number of nitrogens with zero attached hydrogens (tertiary/aromatic N) is 1. The van der Waals surface area contributed by atoms with Crippen LogP contribution in [0.4, 0.5) is 5.69 Å². The van der Waals surface area contributed by atoms with Gasteiger partial charge >= 0.3 is 5.69 Å². The molecule has 0 aliphatic carbocycles. The van der Waals surface area contributed by atoms with Crippen LogP contribution in [0, 0.1) is 10.1 Å². The van der Waals surface area contributed by atoms with Gasteiger partial charge in [0.2, 0.25) is 0 Å². The third-order valence-electron chi connectivity index (χ3n) is 2.94. The van der Waals surface area contributed by atoms with Crippen LogP contribution in [0.25, 0.3) is 0 Å². The Bertz CT molecular complexity index is 505. The molecule has 0 spiro atoms. The first kappa shape index (κ1) is 16.9. The summed E-state index contributed by atoms with van der Waals surface area (Å²) in [5, 5.41) is 13.8. The van der Waals surface area contributed by atoms with Gasteiger partial charge in [0.05, 0.1) is 4.92 Å². The second kappa shape index (κ2) is 8.21. The first-order valence-electron chi connectivity index (χ1n) is 6.87. The number of carbonyl (C=O) groups is 1. The molecule has 0 saturated carbocycles. The van der Waals surface area contributed by atoms with E-state index in [4.69, 9.17) is 10.5 Å². The Labute approximate surface area is 123 Å². The van der Waals surface area contributed by atoms with Crippen molar-refractivity contribution in [2.24, 2.45) is 5.73 Å². The zero-order chi connectivity index (χ0) is 15.8. The number of amides is 1. The Hall–Kier alpha value is -2.15. The number of hydrogen-bond donors (Lipinski definition) is 2. The number of carbonyl (C=O) groups excluding carboxylic acids is 1. The van der Waals surface area contributed by atoms with Crippen LogP contribution in [-0.4, -0.2) is 23.5 Å². The van der Waals surface area contributed by atoms with E-state index in [1.807, 2.05) is 13.8 Å². The van der Waals surface area contributed by atoms with Crippen LogP contribution >= 0.6 is 0 Å². The standard InChI is InChI=1S/C14H21N3O4/c1-3-4-10(2)16-14(18)9-21-13-6-5-11(8-15)7-12(13)17(19)20/h5-7,10H,3-4,8-9,15H2,1-2H3,(H,16,18). The van der Waals surface area contributed by atoms with E-state index in [0.29, 0.717) is 5.56 Å². The molecule has 0 aliphatic rings. The normalized spacial score (nSPS) is 11.8. The van der Waals surface area contributed by atoms with Gasteiger partial charge in [-0.05, 0) is 25.0 Å². The quantitative estimate of drug-likeness (QED) is 0.561. The highest BCUT2D eigenvalue weighted by atomic mass is 16.6. The molecular weight excluding hydrogens is 274 g/mol.